The lowest BCUT2D eigenvalue weighted by Crippen LogP contribution is -2.46. The molecule has 0 saturated carbocycles. The zero-order valence-corrected chi connectivity index (χ0v) is 45.2. The molecule has 8 aromatic carbocycles. The lowest BCUT2D eigenvalue weighted by Gasteiger charge is -2.44. The Bertz CT molecular complexity index is 3540. The zero-order valence-electron chi connectivity index (χ0n) is 45.2. The van der Waals surface area contributed by atoms with Gasteiger partial charge in [-0.3, -0.25) is 0 Å². The molecule has 0 unspecified atom stereocenters. The largest absolute Gasteiger partial charge is 0.353 e. The molecular formula is C70H67N5. The second-order valence-electron chi connectivity index (χ2n) is 23.1. The van der Waals surface area contributed by atoms with Crippen LogP contribution in [0.2, 0.25) is 0 Å². The molecule has 0 spiro atoms. The molecule has 5 nitrogen and oxygen atoms in total. The average Bonchev–Trinajstić information content (AvgIpc) is 3.82. The SMILES string of the molecule is CC(C)(C)c1ccc(N(C2=C(c3ccccc3)CCC=C2)c2c(C#N)c(C#N)c(N(c3ccc(C(C)(C)C)cc3)c3ccccc3-c3ccccc3)c3c2C(C)(C)N(c2ccc(-c4ccccc4)cc2)C3(C)C)cc1. The molecule has 2 aliphatic rings. The van der Waals surface area contributed by atoms with Crippen LogP contribution >= 0.6 is 0 Å². The summed E-state index contributed by atoms with van der Waals surface area (Å²) in [4.78, 5) is 7.14. The second-order valence-corrected chi connectivity index (χ2v) is 23.1. The van der Waals surface area contributed by atoms with Crippen molar-refractivity contribution >= 4 is 39.7 Å². The van der Waals surface area contributed by atoms with E-state index in [0.717, 1.165) is 80.2 Å². The van der Waals surface area contributed by atoms with E-state index in [9.17, 15) is 10.5 Å². The summed E-state index contributed by atoms with van der Waals surface area (Å²) < 4.78 is 0. The molecule has 8 aromatic rings. The Morgan fingerprint density at radius 2 is 0.893 bits per heavy atom. The number of benzene rings is 8. The fourth-order valence-corrected chi connectivity index (χ4v) is 11.9. The zero-order chi connectivity index (χ0) is 52.9. The van der Waals surface area contributed by atoms with Gasteiger partial charge in [0, 0.05) is 39.4 Å². The van der Waals surface area contributed by atoms with Gasteiger partial charge in [-0.2, -0.15) is 10.5 Å². The van der Waals surface area contributed by atoms with Crippen molar-refractivity contribution in [2.75, 3.05) is 14.7 Å². The van der Waals surface area contributed by atoms with E-state index in [1.807, 2.05) is 6.07 Å². The highest BCUT2D eigenvalue weighted by Gasteiger charge is 2.55. The fraction of sp³-hybridized carbons (Fsp3) is 0.229. The molecule has 0 fully saturated rings. The highest BCUT2D eigenvalue weighted by atomic mass is 15.3. The topological polar surface area (TPSA) is 57.3 Å². The van der Waals surface area contributed by atoms with Crippen molar-refractivity contribution in [1.29, 1.82) is 10.5 Å². The minimum absolute atomic E-state index is 0.0928. The van der Waals surface area contributed by atoms with Crippen molar-refractivity contribution in [3.8, 4) is 34.4 Å². The van der Waals surface area contributed by atoms with Crippen molar-refractivity contribution < 1.29 is 0 Å². The molecule has 0 amide bonds. The van der Waals surface area contributed by atoms with Gasteiger partial charge in [0.25, 0.3) is 0 Å². The van der Waals surface area contributed by atoms with Crippen LogP contribution in [-0.2, 0) is 21.9 Å². The molecule has 0 saturated heterocycles. The van der Waals surface area contributed by atoms with Gasteiger partial charge in [-0.15, -0.1) is 0 Å². The van der Waals surface area contributed by atoms with Crippen molar-refractivity contribution in [3.05, 3.63) is 245 Å². The Hall–Kier alpha value is -8.38. The minimum Gasteiger partial charge on any atom is -0.353 e. The number of para-hydroxylation sites is 1. The molecular weight excluding hydrogens is 911 g/mol. The smallest absolute Gasteiger partial charge is 0.103 e. The third-order valence-electron chi connectivity index (χ3n) is 15.4. The van der Waals surface area contributed by atoms with Gasteiger partial charge < -0.3 is 14.7 Å². The molecule has 0 bridgehead atoms. The maximum atomic E-state index is 12.2. The lowest BCUT2D eigenvalue weighted by molar-refractivity contribution is 0.403. The molecule has 75 heavy (non-hydrogen) atoms. The van der Waals surface area contributed by atoms with Crippen LogP contribution in [-0.4, -0.2) is 0 Å². The number of nitrogens with zero attached hydrogens (tertiary/aromatic N) is 5. The van der Waals surface area contributed by atoms with E-state index >= 15 is 0 Å². The number of nitriles is 2. The van der Waals surface area contributed by atoms with Crippen molar-refractivity contribution in [2.24, 2.45) is 0 Å². The van der Waals surface area contributed by atoms with Crippen LogP contribution in [0.25, 0.3) is 27.8 Å². The molecule has 1 heterocycles. The molecule has 1 aliphatic carbocycles. The van der Waals surface area contributed by atoms with Gasteiger partial charge in [-0.1, -0.05) is 193 Å². The quantitative estimate of drug-likeness (QED) is 0.137. The van der Waals surface area contributed by atoms with Crippen LogP contribution < -0.4 is 14.7 Å². The normalized spacial score (nSPS) is 14.7. The highest BCUT2D eigenvalue weighted by molar-refractivity contribution is 5.98. The Kier molecular flexibility index (Phi) is 13.0. The highest BCUT2D eigenvalue weighted by Crippen LogP contribution is 2.62. The number of hydrogen-bond acceptors (Lipinski definition) is 5. The van der Waals surface area contributed by atoms with Crippen molar-refractivity contribution in [3.63, 3.8) is 0 Å². The number of fused-ring (bicyclic) bond motifs is 1. The third kappa shape index (κ3) is 9.02. The number of hydrogen-bond donors (Lipinski definition) is 0. The first kappa shape index (κ1) is 50.2. The van der Waals surface area contributed by atoms with Gasteiger partial charge in [0.05, 0.1) is 39.3 Å². The number of allylic oxidation sites excluding steroid dienone is 3. The van der Waals surface area contributed by atoms with E-state index in [1.54, 1.807) is 0 Å². The first-order valence-electron chi connectivity index (χ1n) is 26.4. The Labute approximate surface area is 446 Å². The maximum absolute atomic E-state index is 12.2. The van der Waals surface area contributed by atoms with Crippen LogP contribution in [0.4, 0.5) is 34.1 Å². The summed E-state index contributed by atoms with van der Waals surface area (Å²) in [6, 6.07) is 72.3. The standard InChI is InChI=1S/C70H67N5/c1-67(2,3)52-36-42-54(43-37-52)73(61-32-22-20-30-57(61)50-26-16-12-17-27-50)65-59(46-71)60(47-72)66(64-63(65)69(7,8)75(70(64,9)10)56-40-34-49(35-41-56)48-24-14-11-15-25-48)74(55-44-38-53(39-45-55)68(4,5)6)62-33-23-21-31-58(62)51-28-18-13-19-29-51/h11-20,22-30,32-45H,21,31H2,1-10H3. The lowest BCUT2D eigenvalue weighted by atomic mass is 9.81. The first-order chi connectivity index (χ1) is 35.9. The summed E-state index contributed by atoms with van der Waals surface area (Å²) in [5.74, 6) is 0. The monoisotopic (exact) mass is 978 g/mol. The van der Waals surface area contributed by atoms with E-state index in [0.29, 0.717) is 22.5 Å². The van der Waals surface area contributed by atoms with E-state index in [-0.39, 0.29) is 10.8 Å². The molecule has 10 rings (SSSR count). The Balaban J connectivity index is 1.37. The molecule has 0 N–H and O–H groups in total. The van der Waals surface area contributed by atoms with E-state index in [4.69, 9.17) is 0 Å². The van der Waals surface area contributed by atoms with Crippen LogP contribution in [0.15, 0.2) is 206 Å². The third-order valence-corrected chi connectivity index (χ3v) is 15.4. The van der Waals surface area contributed by atoms with Crippen LogP contribution in [0.5, 0.6) is 0 Å². The molecule has 372 valence electrons. The van der Waals surface area contributed by atoms with Gasteiger partial charge >= 0.3 is 0 Å². The Morgan fingerprint density at radius 3 is 1.39 bits per heavy atom. The first-order valence-corrected chi connectivity index (χ1v) is 26.4. The molecule has 0 radical (unpaired) electrons. The molecule has 1 aliphatic heterocycles. The minimum atomic E-state index is -0.789. The maximum Gasteiger partial charge on any atom is 0.103 e. The van der Waals surface area contributed by atoms with Gasteiger partial charge in [0.2, 0.25) is 0 Å². The van der Waals surface area contributed by atoms with Gasteiger partial charge in [-0.05, 0) is 139 Å². The van der Waals surface area contributed by atoms with Crippen LogP contribution in [0, 0.1) is 22.7 Å². The van der Waals surface area contributed by atoms with Crippen molar-refractivity contribution in [2.45, 2.75) is 104 Å². The predicted molar refractivity (Wildman–Crippen MR) is 314 cm³/mol. The van der Waals surface area contributed by atoms with Crippen LogP contribution in [0.1, 0.15) is 121 Å². The van der Waals surface area contributed by atoms with Gasteiger partial charge in [-0.25, -0.2) is 0 Å². The summed E-state index contributed by atoms with van der Waals surface area (Å²) in [6.07, 6.45) is 6.18. The van der Waals surface area contributed by atoms with E-state index in [1.165, 1.54) is 16.7 Å². The summed E-state index contributed by atoms with van der Waals surface area (Å²) in [5.41, 5.74) is 16.0. The number of rotatable bonds is 10. The summed E-state index contributed by atoms with van der Waals surface area (Å²) >= 11 is 0. The molecule has 0 aromatic heterocycles. The van der Waals surface area contributed by atoms with Crippen LogP contribution in [0.3, 0.4) is 0 Å². The average molecular weight is 978 g/mol. The van der Waals surface area contributed by atoms with Gasteiger partial charge in [0.15, 0.2) is 0 Å². The van der Waals surface area contributed by atoms with E-state index in [2.05, 4.69) is 290 Å². The number of anilines is 6. The van der Waals surface area contributed by atoms with Gasteiger partial charge in [0.1, 0.15) is 12.1 Å². The Morgan fingerprint density at radius 1 is 0.467 bits per heavy atom. The summed E-state index contributed by atoms with van der Waals surface area (Å²) in [5, 5.41) is 24.4. The fourth-order valence-electron chi connectivity index (χ4n) is 11.9. The second kappa shape index (κ2) is 19.5. The molecule has 0 atom stereocenters. The summed E-state index contributed by atoms with van der Waals surface area (Å²) in [7, 11) is 0. The predicted octanol–water partition coefficient (Wildman–Crippen LogP) is 18.7. The van der Waals surface area contributed by atoms with Crippen molar-refractivity contribution in [1.82, 2.24) is 0 Å². The molecule has 5 heteroatoms. The van der Waals surface area contributed by atoms with E-state index < -0.39 is 11.1 Å². The summed E-state index contributed by atoms with van der Waals surface area (Å²) in [6.45, 7) is 22.6.